The van der Waals surface area contributed by atoms with E-state index < -0.39 is 26.9 Å². The number of hydrogen-bond donors (Lipinski definition) is 2. The highest BCUT2D eigenvalue weighted by atomic mass is 32.3. The predicted octanol–water partition coefficient (Wildman–Crippen LogP) is 6.18. The number of allylic oxidation sites excluding steroid dienone is 2. The average Bonchev–Trinajstić information content (AvgIpc) is 3.14. The Kier molecular flexibility index (Phi) is 8.65. The van der Waals surface area contributed by atoms with E-state index in [0.717, 1.165) is 56.9 Å². The van der Waals surface area contributed by atoms with Crippen molar-refractivity contribution in [2.24, 2.45) is 46.3 Å². The fraction of sp³-hybridized carbons (Fsp3) is 0.857. The average molecular weight is 575 g/mol. The molecule has 4 rings (SSSR count). The Labute approximate surface area is 229 Å². The molecule has 3 fully saturated rings. The van der Waals surface area contributed by atoms with E-state index in [4.69, 9.17) is 12.9 Å². The zero-order valence-electron chi connectivity index (χ0n) is 23.3. The van der Waals surface area contributed by atoms with Crippen molar-refractivity contribution >= 4 is 20.8 Å². The molecule has 0 amide bonds. The van der Waals surface area contributed by atoms with Gasteiger partial charge in [0.15, 0.2) is 0 Å². The molecule has 0 bridgehead atoms. The first-order valence-electron chi connectivity index (χ1n) is 14.2. The molecule has 4 aliphatic rings. The van der Waals surface area contributed by atoms with Gasteiger partial charge in [-0.2, -0.15) is 16.8 Å². The number of hydrogen-bond acceptors (Lipinski definition) is 6. The topological polar surface area (TPSA) is 127 Å². The summed E-state index contributed by atoms with van der Waals surface area (Å²) >= 11 is 0. The molecular weight excluding hydrogens is 528 g/mol. The van der Waals surface area contributed by atoms with Gasteiger partial charge in [0.05, 0.1) is 12.7 Å². The van der Waals surface area contributed by atoms with E-state index in [1.165, 1.54) is 5.57 Å². The summed E-state index contributed by atoms with van der Waals surface area (Å²) in [5, 5.41) is 0. The molecule has 8 nitrogen and oxygen atoms in total. The van der Waals surface area contributed by atoms with Gasteiger partial charge < -0.3 is 0 Å². The van der Waals surface area contributed by atoms with Crippen molar-refractivity contribution in [3.05, 3.63) is 23.8 Å². The van der Waals surface area contributed by atoms with E-state index in [2.05, 4.69) is 40.3 Å². The van der Waals surface area contributed by atoms with Gasteiger partial charge in [-0.1, -0.05) is 51.5 Å². The van der Waals surface area contributed by atoms with Crippen LogP contribution in [0.3, 0.4) is 0 Å². The summed E-state index contributed by atoms with van der Waals surface area (Å²) in [7, 11) is -8.97. The van der Waals surface area contributed by atoms with E-state index >= 15 is 0 Å². The SMILES string of the molecule is C=C(CC[C@@H](COS(=O)(=O)O)[C@H]1CC[C@H]2[C@@H]3CC=C4C[C@H](OS(=O)(=O)O)CC[C@]4(C)[C@H]3CC[C@]12C)C(C)C. The Hall–Kier alpha value is -0.780. The van der Waals surface area contributed by atoms with E-state index in [1.54, 1.807) is 0 Å². The first-order chi connectivity index (χ1) is 17.5. The lowest BCUT2D eigenvalue weighted by atomic mass is 9.47. The zero-order valence-corrected chi connectivity index (χ0v) is 24.9. The highest BCUT2D eigenvalue weighted by Crippen LogP contribution is 2.67. The smallest absolute Gasteiger partial charge is 0.264 e. The van der Waals surface area contributed by atoms with Crippen LogP contribution >= 0.6 is 0 Å². The minimum atomic E-state index is -4.50. The molecule has 0 aromatic rings. The standard InChI is InChI=1S/C28H46O8S2/c1-18(2)19(3)6-7-20(17-35-37(29,30)31)24-10-11-25-23-9-8-21-16-22(36-38(32,33)34)12-14-27(21,4)26(23)13-15-28(24,25)5/h8,18,20,22-26H,3,6-7,9-17H2,1-2,4-5H3,(H,29,30,31)(H,32,33,34)/t20-,22+,23-,24+,25-,26-,27-,28+/m0/s1. The molecule has 0 aliphatic heterocycles. The molecule has 218 valence electrons. The van der Waals surface area contributed by atoms with Crippen LogP contribution in [0.15, 0.2) is 23.8 Å². The minimum Gasteiger partial charge on any atom is -0.264 e. The molecule has 0 aromatic heterocycles. The maximum atomic E-state index is 11.5. The van der Waals surface area contributed by atoms with Crippen molar-refractivity contribution in [3.63, 3.8) is 0 Å². The van der Waals surface area contributed by atoms with Crippen molar-refractivity contribution in [3.8, 4) is 0 Å². The molecule has 10 heteroatoms. The van der Waals surface area contributed by atoms with Crippen LogP contribution in [0.1, 0.15) is 91.9 Å². The summed E-state index contributed by atoms with van der Waals surface area (Å²) in [6, 6.07) is 0. The minimum absolute atomic E-state index is 0.00218. The Morgan fingerprint density at radius 1 is 1.05 bits per heavy atom. The van der Waals surface area contributed by atoms with Crippen molar-refractivity contribution in [2.75, 3.05) is 6.61 Å². The van der Waals surface area contributed by atoms with Gasteiger partial charge in [0.25, 0.3) is 0 Å². The largest absolute Gasteiger partial charge is 0.397 e. The molecule has 8 atom stereocenters. The van der Waals surface area contributed by atoms with Gasteiger partial charge >= 0.3 is 20.8 Å². The lowest BCUT2D eigenvalue weighted by molar-refractivity contribution is -0.0602. The Morgan fingerprint density at radius 2 is 1.76 bits per heavy atom. The highest BCUT2D eigenvalue weighted by molar-refractivity contribution is 7.81. The summed E-state index contributed by atoms with van der Waals surface area (Å²) in [5.74, 6) is 2.26. The van der Waals surface area contributed by atoms with Gasteiger partial charge in [0.1, 0.15) is 0 Å². The lowest BCUT2D eigenvalue weighted by Gasteiger charge is -2.58. The zero-order chi connectivity index (χ0) is 28.1. The molecule has 0 radical (unpaired) electrons. The van der Waals surface area contributed by atoms with Crippen LogP contribution in [-0.2, 0) is 29.2 Å². The number of fused-ring (bicyclic) bond motifs is 5. The third kappa shape index (κ3) is 6.25. The predicted molar refractivity (Wildman–Crippen MR) is 146 cm³/mol. The van der Waals surface area contributed by atoms with Crippen LogP contribution in [0.25, 0.3) is 0 Å². The van der Waals surface area contributed by atoms with Crippen molar-refractivity contribution < 1.29 is 34.3 Å². The maximum Gasteiger partial charge on any atom is 0.397 e. The lowest BCUT2D eigenvalue weighted by Crippen LogP contribution is -2.51. The first kappa shape index (κ1) is 30.2. The molecule has 3 saturated carbocycles. The first-order valence-corrected chi connectivity index (χ1v) is 16.9. The molecule has 0 saturated heterocycles. The molecule has 4 aliphatic carbocycles. The van der Waals surface area contributed by atoms with E-state index in [1.807, 2.05) is 0 Å². The Bertz CT molecular complexity index is 1140. The normalized spacial score (nSPS) is 38.2. The third-order valence-corrected chi connectivity index (χ3v) is 12.0. The third-order valence-electron chi connectivity index (χ3n) is 11.0. The van der Waals surface area contributed by atoms with E-state index in [0.29, 0.717) is 42.4 Å². The second-order valence-corrected chi connectivity index (χ2v) is 15.3. The Balaban J connectivity index is 1.53. The summed E-state index contributed by atoms with van der Waals surface area (Å²) in [5.41, 5.74) is 2.49. The van der Waals surface area contributed by atoms with Crippen molar-refractivity contribution in [2.45, 2.75) is 98.0 Å². The second-order valence-electron chi connectivity index (χ2n) is 13.2. The van der Waals surface area contributed by atoms with Crippen LogP contribution in [0.2, 0.25) is 0 Å². The van der Waals surface area contributed by atoms with Gasteiger partial charge in [-0.05, 0) is 111 Å². The van der Waals surface area contributed by atoms with Crippen LogP contribution < -0.4 is 0 Å². The van der Waals surface area contributed by atoms with Gasteiger partial charge in [0.2, 0.25) is 0 Å². The second kappa shape index (κ2) is 10.9. The summed E-state index contributed by atoms with van der Waals surface area (Å²) in [4.78, 5) is 0. The molecule has 0 heterocycles. The molecule has 0 spiro atoms. The fourth-order valence-corrected chi connectivity index (χ4v) is 9.79. The van der Waals surface area contributed by atoms with E-state index in [-0.39, 0.29) is 23.4 Å². The van der Waals surface area contributed by atoms with Gasteiger partial charge in [-0.25, -0.2) is 8.37 Å². The van der Waals surface area contributed by atoms with Crippen LogP contribution in [-0.4, -0.2) is 38.7 Å². The van der Waals surface area contributed by atoms with Crippen molar-refractivity contribution in [1.82, 2.24) is 0 Å². The summed E-state index contributed by atoms with van der Waals surface area (Å²) in [6.07, 6.45) is 10.6. The van der Waals surface area contributed by atoms with Crippen LogP contribution in [0.4, 0.5) is 0 Å². The van der Waals surface area contributed by atoms with Gasteiger partial charge in [0, 0.05) is 0 Å². The molecule has 2 N–H and O–H groups in total. The molecule has 0 aromatic carbocycles. The molecule has 38 heavy (non-hydrogen) atoms. The molecule has 0 unspecified atom stereocenters. The van der Waals surface area contributed by atoms with Crippen molar-refractivity contribution in [1.29, 1.82) is 0 Å². The van der Waals surface area contributed by atoms with Crippen LogP contribution in [0, 0.1) is 46.3 Å². The quantitative estimate of drug-likeness (QED) is 0.234. The fourth-order valence-electron chi connectivity index (χ4n) is 8.93. The van der Waals surface area contributed by atoms with Gasteiger partial charge in [-0.15, -0.1) is 0 Å². The number of rotatable bonds is 10. The molecular formula is C28H46O8S2. The monoisotopic (exact) mass is 574 g/mol. The van der Waals surface area contributed by atoms with Crippen LogP contribution in [0.5, 0.6) is 0 Å². The Morgan fingerprint density at radius 3 is 2.39 bits per heavy atom. The highest BCUT2D eigenvalue weighted by Gasteiger charge is 2.59. The van der Waals surface area contributed by atoms with E-state index in [9.17, 15) is 21.4 Å². The summed E-state index contributed by atoms with van der Waals surface area (Å²) in [6.45, 7) is 13.2. The maximum absolute atomic E-state index is 11.5. The summed E-state index contributed by atoms with van der Waals surface area (Å²) < 4.78 is 73.9. The van der Waals surface area contributed by atoms with Gasteiger partial charge in [-0.3, -0.25) is 9.11 Å².